The molecule has 0 radical (unpaired) electrons. The zero-order valence-corrected chi connectivity index (χ0v) is 41.2. The Morgan fingerprint density at radius 1 is 0.493 bits per heavy atom. The molecule has 3 heterocycles. The van der Waals surface area contributed by atoms with Crippen molar-refractivity contribution in [2.24, 2.45) is 0 Å². The van der Waals surface area contributed by atoms with Gasteiger partial charge in [-0.2, -0.15) is 12.1 Å². The van der Waals surface area contributed by atoms with Gasteiger partial charge in [-0.15, -0.1) is 35.2 Å². The molecule has 0 aliphatic rings. The quantitative estimate of drug-likeness (QED) is 0.101. The summed E-state index contributed by atoms with van der Waals surface area (Å²) in [6, 6.07) is 60.5. The van der Waals surface area contributed by atoms with Crippen molar-refractivity contribution in [3.05, 3.63) is 273 Å². The first-order valence-electron chi connectivity index (χ1n) is 28.4. The second kappa shape index (κ2) is 19.4. The van der Waals surface area contributed by atoms with E-state index in [-0.39, 0.29) is 49.0 Å². The summed E-state index contributed by atoms with van der Waals surface area (Å²) in [6.07, 6.45) is 5.30. The molecule has 73 heavy (non-hydrogen) atoms. The fourth-order valence-corrected chi connectivity index (χ4v) is 9.73. The predicted octanol–water partition coefficient (Wildman–Crippen LogP) is 16.2. The summed E-state index contributed by atoms with van der Waals surface area (Å²) in [7, 11) is 0. The summed E-state index contributed by atoms with van der Waals surface area (Å²) in [4.78, 5) is 4.73. The molecule has 0 N–H and O–H groups in total. The Labute approximate surface area is 452 Å². The summed E-state index contributed by atoms with van der Waals surface area (Å²) < 4.78 is 101. The SMILES string of the molecule is [2H]c1c([2H])c([2H])c(-c2cccc(-c3c([2H])c([2H])c([2H])c([2H])c3[2H])c2-[n+]2[c-]n(-c3[c-]c(Oc4[c-]c5c(cc4)c4ccccc4n5-c4ccccn4)cc(-c4cc(-c5ccccc5)cc(-c5ccccc5)c4C)c3)c3ccccc32)c([2H])c1[2H].[Pt]. The molecule has 3 aromatic heterocycles. The molecule has 0 amide bonds. The maximum absolute atomic E-state index is 9.22. The zero-order valence-electron chi connectivity index (χ0n) is 48.9. The number of pyridine rings is 1. The molecular formula is C67H44N4OPt-2. The number of hydrogen-bond donors (Lipinski definition) is 0. The van der Waals surface area contributed by atoms with Crippen molar-refractivity contribution in [3.8, 4) is 84.3 Å². The summed E-state index contributed by atoms with van der Waals surface area (Å²) in [5.74, 6) is 1.44. The van der Waals surface area contributed by atoms with Crippen LogP contribution < -0.4 is 9.30 Å². The van der Waals surface area contributed by atoms with E-state index < -0.39 is 60.4 Å². The van der Waals surface area contributed by atoms with Crippen molar-refractivity contribution in [1.29, 1.82) is 0 Å². The third-order valence-corrected chi connectivity index (χ3v) is 13.0. The van der Waals surface area contributed by atoms with Gasteiger partial charge < -0.3 is 13.9 Å². The molecule has 0 unspecified atom stereocenters. The molecule has 13 rings (SSSR count). The van der Waals surface area contributed by atoms with Crippen LogP contribution in [0.1, 0.15) is 19.3 Å². The maximum atomic E-state index is 9.22. The van der Waals surface area contributed by atoms with Crippen molar-refractivity contribution >= 4 is 32.8 Å². The third-order valence-electron chi connectivity index (χ3n) is 13.0. The molecule has 0 spiro atoms. The molecule has 0 aliphatic heterocycles. The van der Waals surface area contributed by atoms with Crippen LogP contribution >= 0.6 is 0 Å². The average Bonchev–Trinajstić information content (AvgIpc) is 4.32. The van der Waals surface area contributed by atoms with Crippen molar-refractivity contribution in [2.75, 3.05) is 0 Å². The van der Waals surface area contributed by atoms with Crippen LogP contribution in [0.5, 0.6) is 11.5 Å². The summed E-state index contributed by atoms with van der Waals surface area (Å²) in [6.45, 7) is 2.10. The number of rotatable bonds is 10. The minimum absolute atomic E-state index is 0. The van der Waals surface area contributed by atoms with Gasteiger partial charge in [0.25, 0.3) is 6.33 Å². The first kappa shape index (κ1) is 35.2. The van der Waals surface area contributed by atoms with Crippen molar-refractivity contribution in [1.82, 2.24) is 14.1 Å². The van der Waals surface area contributed by atoms with Gasteiger partial charge in [-0.05, 0) is 104 Å². The molecule has 0 saturated carbocycles. The normalized spacial score (nSPS) is 13.2. The van der Waals surface area contributed by atoms with Crippen LogP contribution in [-0.4, -0.2) is 14.1 Å². The second-order valence-corrected chi connectivity index (χ2v) is 17.2. The molecule has 6 heteroatoms. The molecular weight excluding hydrogens is 1070 g/mol. The molecule has 0 fully saturated rings. The second-order valence-electron chi connectivity index (χ2n) is 17.2. The van der Waals surface area contributed by atoms with E-state index in [0.29, 0.717) is 34.0 Å². The first-order chi connectivity index (χ1) is 39.8. The largest absolute Gasteiger partial charge is 0.510 e. The van der Waals surface area contributed by atoms with Crippen LogP contribution in [0, 0.1) is 25.4 Å². The van der Waals surface area contributed by atoms with Gasteiger partial charge >= 0.3 is 0 Å². The molecule has 350 valence electrons. The van der Waals surface area contributed by atoms with Crippen LogP contribution in [-0.2, 0) is 21.1 Å². The van der Waals surface area contributed by atoms with Crippen LogP contribution in [0.3, 0.4) is 0 Å². The van der Waals surface area contributed by atoms with Gasteiger partial charge in [0.2, 0.25) is 0 Å². The Kier molecular flexibility index (Phi) is 9.35. The van der Waals surface area contributed by atoms with Crippen LogP contribution in [0.4, 0.5) is 0 Å². The van der Waals surface area contributed by atoms with Gasteiger partial charge in [0.15, 0.2) is 0 Å². The van der Waals surface area contributed by atoms with Gasteiger partial charge in [0.1, 0.15) is 5.82 Å². The zero-order chi connectivity index (χ0) is 56.7. The van der Waals surface area contributed by atoms with E-state index in [1.54, 1.807) is 33.5 Å². The molecule has 0 atom stereocenters. The van der Waals surface area contributed by atoms with Crippen LogP contribution in [0.15, 0.2) is 249 Å². The van der Waals surface area contributed by atoms with E-state index in [0.717, 1.165) is 60.8 Å². The number of aromatic nitrogens is 4. The molecule has 5 nitrogen and oxygen atoms in total. The minimum Gasteiger partial charge on any atom is -0.510 e. The summed E-state index contributed by atoms with van der Waals surface area (Å²) >= 11 is 0. The number of ether oxygens (including phenoxy) is 1. The smallest absolute Gasteiger partial charge is 0.268 e. The topological polar surface area (TPSA) is 35.9 Å². The molecule has 0 saturated heterocycles. The van der Waals surface area contributed by atoms with Gasteiger partial charge in [0, 0.05) is 44.3 Å². The Hall–Kier alpha value is -8.89. The number of para-hydroxylation sites is 4. The Balaban J connectivity index is 0.00000680. The molecule has 0 bridgehead atoms. The maximum Gasteiger partial charge on any atom is 0.268 e. The number of hydrogen-bond acceptors (Lipinski definition) is 2. The summed E-state index contributed by atoms with van der Waals surface area (Å²) in [5.41, 5.74) is 10.1. The molecule has 13 aromatic rings. The fourth-order valence-electron chi connectivity index (χ4n) is 9.73. The third kappa shape index (κ3) is 8.34. The Bertz CT molecular complexity index is 4600. The van der Waals surface area contributed by atoms with E-state index in [9.17, 15) is 5.48 Å². The Morgan fingerprint density at radius 3 is 1.82 bits per heavy atom. The van der Waals surface area contributed by atoms with Crippen LogP contribution in [0.2, 0.25) is 0 Å². The standard InChI is InChI=1S/C67H44N4O.Pt/c1-46-60(50-27-12-5-13-28-50)41-51(47-21-6-2-7-22-47)42-61(46)52-39-53(43-55(40-52)72-54-36-37-59-58-29-14-15-32-62(58)71(65(59)44-54)66-35-18-19-38-68-66)69-45-70(64-34-17-16-33-63(64)69)67-56(48-23-8-3-9-24-48)30-20-31-57(67)49-25-10-4-11-26-49;/h2-42H,1H3;/q-2;/i3D,4D,8D,9D,10D,11D,23D,24D,25D,26D;. The van der Waals surface area contributed by atoms with Crippen molar-refractivity contribution in [3.63, 3.8) is 0 Å². The van der Waals surface area contributed by atoms with E-state index >= 15 is 0 Å². The van der Waals surface area contributed by atoms with E-state index in [2.05, 4.69) is 78.5 Å². The van der Waals surface area contributed by atoms with Gasteiger partial charge in [0.05, 0.1) is 30.4 Å². The van der Waals surface area contributed by atoms with Crippen molar-refractivity contribution in [2.45, 2.75) is 6.92 Å². The average molecular weight is 1130 g/mol. The minimum atomic E-state index is -0.583. The predicted molar refractivity (Wildman–Crippen MR) is 292 cm³/mol. The Morgan fingerprint density at radius 2 is 1.12 bits per heavy atom. The van der Waals surface area contributed by atoms with Crippen LogP contribution in [0.25, 0.3) is 106 Å². The number of benzene rings is 10. The number of fused-ring (bicyclic) bond motifs is 4. The molecule has 10 aromatic carbocycles. The number of imidazole rings is 1. The van der Waals surface area contributed by atoms with Gasteiger partial charge in [-0.25, -0.2) is 4.98 Å². The van der Waals surface area contributed by atoms with Gasteiger partial charge in [-0.3, -0.25) is 4.57 Å². The number of nitrogens with zero attached hydrogens (tertiary/aromatic N) is 4. The monoisotopic (exact) mass is 1130 g/mol. The van der Waals surface area contributed by atoms with E-state index in [4.69, 9.17) is 17.9 Å². The van der Waals surface area contributed by atoms with Crippen molar-refractivity contribution < 1.29 is 44.1 Å². The van der Waals surface area contributed by atoms with E-state index in [1.807, 2.05) is 115 Å². The molecule has 0 aliphatic carbocycles. The summed E-state index contributed by atoms with van der Waals surface area (Å²) in [5, 5.41) is 1.98. The van der Waals surface area contributed by atoms with E-state index in [1.165, 1.54) is 0 Å². The van der Waals surface area contributed by atoms with Gasteiger partial charge in [-0.1, -0.05) is 193 Å². The first-order valence-corrected chi connectivity index (χ1v) is 23.4. The fraction of sp³-hybridized carbons (Fsp3) is 0.0149.